The third-order valence-electron chi connectivity index (χ3n) is 5.23. The SMILES string of the molecule is Cc1cncc(C(=O)N2CCCN(Cc3ccc(F)cc3)C(C(C)C)C2)c1. The lowest BCUT2D eigenvalue weighted by Gasteiger charge is -2.34. The number of amides is 1. The molecule has 1 aliphatic heterocycles. The number of carbonyl (C=O) groups is 1. The molecule has 27 heavy (non-hydrogen) atoms. The zero-order valence-electron chi connectivity index (χ0n) is 16.4. The van der Waals surface area contributed by atoms with E-state index in [-0.39, 0.29) is 17.8 Å². The van der Waals surface area contributed by atoms with Gasteiger partial charge in [0.1, 0.15) is 5.82 Å². The molecule has 3 rings (SSSR count). The van der Waals surface area contributed by atoms with Gasteiger partial charge < -0.3 is 4.90 Å². The highest BCUT2D eigenvalue weighted by Crippen LogP contribution is 2.21. The average molecular weight is 369 g/mol. The van der Waals surface area contributed by atoms with Gasteiger partial charge in [0.2, 0.25) is 0 Å². The summed E-state index contributed by atoms with van der Waals surface area (Å²) < 4.78 is 13.2. The van der Waals surface area contributed by atoms with Crippen molar-refractivity contribution in [2.24, 2.45) is 5.92 Å². The topological polar surface area (TPSA) is 36.4 Å². The molecule has 1 amide bonds. The second-order valence-corrected chi connectivity index (χ2v) is 7.76. The number of carbonyl (C=O) groups excluding carboxylic acids is 1. The summed E-state index contributed by atoms with van der Waals surface area (Å²) in [5.74, 6) is 0.258. The first-order valence-electron chi connectivity index (χ1n) is 9.63. The van der Waals surface area contributed by atoms with Crippen molar-refractivity contribution in [1.82, 2.24) is 14.8 Å². The predicted molar refractivity (Wildman–Crippen MR) is 105 cm³/mol. The molecule has 0 radical (unpaired) electrons. The van der Waals surface area contributed by atoms with Gasteiger partial charge in [0, 0.05) is 44.6 Å². The van der Waals surface area contributed by atoms with Crippen LogP contribution in [-0.2, 0) is 6.54 Å². The summed E-state index contributed by atoms with van der Waals surface area (Å²) in [5, 5.41) is 0. The summed E-state index contributed by atoms with van der Waals surface area (Å²) in [6.45, 7) is 9.50. The molecule has 0 bridgehead atoms. The largest absolute Gasteiger partial charge is 0.337 e. The van der Waals surface area contributed by atoms with Crippen molar-refractivity contribution < 1.29 is 9.18 Å². The molecule has 5 heteroatoms. The lowest BCUT2D eigenvalue weighted by molar-refractivity contribution is 0.0702. The van der Waals surface area contributed by atoms with Gasteiger partial charge in [-0.2, -0.15) is 0 Å². The van der Waals surface area contributed by atoms with Crippen LogP contribution in [0.25, 0.3) is 0 Å². The molecular weight excluding hydrogens is 341 g/mol. The maximum atomic E-state index is 13.2. The molecule has 1 aliphatic rings. The highest BCUT2D eigenvalue weighted by atomic mass is 19.1. The van der Waals surface area contributed by atoms with Gasteiger partial charge in [-0.1, -0.05) is 26.0 Å². The van der Waals surface area contributed by atoms with E-state index in [1.54, 1.807) is 12.4 Å². The monoisotopic (exact) mass is 369 g/mol. The van der Waals surface area contributed by atoms with Crippen molar-refractivity contribution in [2.45, 2.75) is 39.8 Å². The number of aromatic nitrogens is 1. The zero-order valence-corrected chi connectivity index (χ0v) is 16.4. The minimum Gasteiger partial charge on any atom is -0.337 e. The number of halogens is 1. The second kappa shape index (κ2) is 8.61. The lowest BCUT2D eigenvalue weighted by Crippen LogP contribution is -2.45. The number of hydrogen-bond donors (Lipinski definition) is 0. The Bertz CT molecular complexity index is 775. The molecule has 0 N–H and O–H groups in total. The zero-order chi connectivity index (χ0) is 19.4. The van der Waals surface area contributed by atoms with E-state index < -0.39 is 0 Å². The van der Waals surface area contributed by atoms with E-state index in [2.05, 4.69) is 23.7 Å². The molecule has 1 fully saturated rings. The molecule has 1 saturated heterocycles. The minimum atomic E-state index is -0.210. The van der Waals surface area contributed by atoms with Crippen LogP contribution in [0.15, 0.2) is 42.7 Å². The van der Waals surface area contributed by atoms with Crippen LogP contribution < -0.4 is 0 Å². The van der Waals surface area contributed by atoms with E-state index >= 15 is 0 Å². The number of pyridine rings is 1. The predicted octanol–water partition coefficient (Wildman–Crippen LogP) is 3.90. The van der Waals surface area contributed by atoms with Crippen LogP contribution in [0.1, 0.15) is 41.8 Å². The van der Waals surface area contributed by atoms with Gasteiger partial charge in [0.25, 0.3) is 5.91 Å². The van der Waals surface area contributed by atoms with E-state index in [0.29, 0.717) is 18.0 Å². The minimum absolute atomic E-state index is 0.0560. The summed E-state index contributed by atoms with van der Waals surface area (Å²) in [5.41, 5.74) is 2.75. The Morgan fingerprint density at radius 2 is 1.96 bits per heavy atom. The average Bonchev–Trinajstić information content (AvgIpc) is 2.86. The molecule has 1 aromatic carbocycles. The fourth-order valence-corrected chi connectivity index (χ4v) is 3.76. The number of nitrogens with zero attached hydrogens (tertiary/aromatic N) is 3. The second-order valence-electron chi connectivity index (χ2n) is 7.76. The molecule has 2 heterocycles. The van der Waals surface area contributed by atoms with Gasteiger partial charge in [-0.3, -0.25) is 14.7 Å². The Kier molecular flexibility index (Phi) is 6.22. The van der Waals surface area contributed by atoms with Crippen molar-refractivity contribution >= 4 is 5.91 Å². The normalized spacial score (nSPS) is 18.6. The van der Waals surface area contributed by atoms with Gasteiger partial charge in [-0.25, -0.2) is 4.39 Å². The van der Waals surface area contributed by atoms with Crippen molar-refractivity contribution in [3.63, 3.8) is 0 Å². The van der Waals surface area contributed by atoms with Gasteiger partial charge in [0.15, 0.2) is 0 Å². The summed E-state index contributed by atoms with van der Waals surface area (Å²) >= 11 is 0. The van der Waals surface area contributed by atoms with Gasteiger partial charge in [-0.05, 0) is 48.6 Å². The number of aryl methyl sites for hydroxylation is 1. The molecule has 144 valence electrons. The van der Waals surface area contributed by atoms with Crippen molar-refractivity contribution in [1.29, 1.82) is 0 Å². The smallest absolute Gasteiger partial charge is 0.255 e. The Morgan fingerprint density at radius 1 is 1.22 bits per heavy atom. The molecule has 0 aliphatic carbocycles. The third kappa shape index (κ3) is 4.92. The molecule has 4 nitrogen and oxygen atoms in total. The molecule has 1 aromatic heterocycles. The molecule has 0 saturated carbocycles. The van der Waals surface area contributed by atoms with E-state index in [1.165, 1.54) is 12.1 Å². The fraction of sp³-hybridized carbons (Fsp3) is 0.455. The van der Waals surface area contributed by atoms with E-state index in [9.17, 15) is 9.18 Å². The first-order chi connectivity index (χ1) is 12.9. The van der Waals surface area contributed by atoms with Crippen molar-refractivity contribution in [3.8, 4) is 0 Å². The first kappa shape index (κ1) is 19.5. The summed E-state index contributed by atoms with van der Waals surface area (Å²) in [6.07, 6.45) is 4.34. The van der Waals surface area contributed by atoms with Gasteiger partial charge in [0.05, 0.1) is 5.56 Å². The highest BCUT2D eigenvalue weighted by molar-refractivity contribution is 5.94. The standard InChI is InChI=1S/C22H28FN3O/c1-16(2)21-15-26(22(27)19-11-17(3)12-24-13-19)10-4-9-25(21)14-18-5-7-20(23)8-6-18/h5-8,11-13,16,21H,4,9-10,14-15H2,1-3H3. The Hall–Kier alpha value is -2.27. The van der Waals surface area contributed by atoms with Crippen molar-refractivity contribution in [3.05, 3.63) is 65.2 Å². The van der Waals surface area contributed by atoms with Crippen LogP contribution in [-0.4, -0.2) is 46.4 Å². The Balaban J connectivity index is 1.76. The maximum Gasteiger partial charge on any atom is 0.255 e. The molecule has 1 atom stereocenters. The van der Waals surface area contributed by atoms with Crippen LogP contribution in [0.5, 0.6) is 0 Å². The van der Waals surface area contributed by atoms with Gasteiger partial charge in [-0.15, -0.1) is 0 Å². The Labute approximate surface area is 161 Å². The molecular formula is C22H28FN3O. The molecule has 0 spiro atoms. The first-order valence-corrected chi connectivity index (χ1v) is 9.63. The van der Waals surface area contributed by atoms with Crippen molar-refractivity contribution in [2.75, 3.05) is 19.6 Å². The van der Waals surface area contributed by atoms with Crippen LogP contribution in [0.4, 0.5) is 4.39 Å². The van der Waals surface area contributed by atoms with Crippen LogP contribution in [0, 0.1) is 18.7 Å². The number of rotatable bonds is 4. The Morgan fingerprint density at radius 3 is 2.63 bits per heavy atom. The third-order valence-corrected chi connectivity index (χ3v) is 5.23. The van der Waals surface area contributed by atoms with E-state index in [1.807, 2.05) is 30.0 Å². The summed E-state index contributed by atoms with van der Waals surface area (Å²) in [4.78, 5) is 21.6. The number of hydrogen-bond acceptors (Lipinski definition) is 3. The summed E-state index contributed by atoms with van der Waals surface area (Å²) in [6, 6.07) is 8.88. The molecule has 2 aromatic rings. The van der Waals surface area contributed by atoms with Crippen LogP contribution >= 0.6 is 0 Å². The van der Waals surface area contributed by atoms with E-state index in [0.717, 1.165) is 37.2 Å². The van der Waals surface area contributed by atoms with Gasteiger partial charge >= 0.3 is 0 Å². The highest BCUT2D eigenvalue weighted by Gasteiger charge is 2.30. The van der Waals surface area contributed by atoms with Crippen LogP contribution in [0.2, 0.25) is 0 Å². The van der Waals surface area contributed by atoms with Crippen LogP contribution in [0.3, 0.4) is 0 Å². The quantitative estimate of drug-likeness (QED) is 0.820. The molecule has 1 unspecified atom stereocenters. The summed E-state index contributed by atoms with van der Waals surface area (Å²) in [7, 11) is 0. The van der Waals surface area contributed by atoms with E-state index in [4.69, 9.17) is 0 Å². The maximum absolute atomic E-state index is 13.2. The fourth-order valence-electron chi connectivity index (χ4n) is 3.76. The lowest BCUT2D eigenvalue weighted by atomic mass is 10.0. The number of benzene rings is 1.